The number of aromatic nitrogens is 2. The maximum absolute atomic E-state index is 12.7. The molecular weight excluding hydrogens is 209 g/mol. The molecule has 1 aromatic carbocycles. The monoisotopic (exact) mass is 219 g/mol. The van der Waals surface area contributed by atoms with Gasteiger partial charge in [-0.25, -0.2) is 4.39 Å². The molecule has 0 fully saturated rings. The van der Waals surface area contributed by atoms with Crippen molar-refractivity contribution in [3.63, 3.8) is 0 Å². The highest BCUT2D eigenvalue weighted by Gasteiger charge is 2.05. The van der Waals surface area contributed by atoms with Crippen LogP contribution in [0.2, 0.25) is 0 Å². The van der Waals surface area contributed by atoms with E-state index in [1.54, 1.807) is 18.2 Å². The molecule has 0 spiro atoms. The second-order valence-corrected chi connectivity index (χ2v) is 3.20. The Morgan fingerprint density at radius 1 is 1.19 bits per heavy atom. The van der Waals surface area contributed by atoms with E-state index in [1.165, 1.54) is 19.2 Å². The van der Waals surface area contributed by atoms with E-state index >= 15 is 0 Å². The van der Waals surface area contributed by atoms with Gasteiger partial charge in [0.15, 0.2) is 0 Å². The Morgan fingerprint density at radius 2 is 1.88 bits per heavy atom. The predicted molar refractivity (Wildman–Crippen MR) is 58.4 cm³/mol. The molecule has 0 radical (unpaired) electrons. The van der Waals surface area contributed by atoms with Gasteiger partial charge in [0.05, 0.1) is 18.5 Å². The van der Waals surface area contributed by atoms with Gasteiger partial charge >= 0.3 is 0 Å². The minimum atomic E-state index is -0.293. The number of nitrogens with two attached hydrogens (primary N) is 1. The van der Waals surface area contributed by atoms with Gasteiger partial charge in [-0.15, -0.1) is 10.2 Å². The number of anilines is 1. The van der Waals surface area contributed by atoms with E-state index in [0.717, 1.165) is 5.56 Å². The number of rotatable bonds is 2. The molecule has 0 saturated heterocycles. The van der Waals surface area contributed by atoms with E-state index in [9.17, 15) is 4.39 Å². The second kappa shape index (κ2) is 4.14. The van der Waals surface area contributed by atoms with Crippen LogP contribution in [0.25, 0.3) is 11.3 Å². The lowest BCUT2D eigenvalue weighted by molar-refractivity contribution is 0.394. The summed E-state index contributed by atoms with van der Waals surface area (Å²) in [4.78, 5) is 0. The van der Waals surface area contributed by atoms with Crippen molar-refractivity contribution < 1.29 is 9.13 Å². The summed E-state index contributed by atoms with van der Waals surface area (Å²) in [6.07, 6.45) is 0. The lowest BCUT2D eigenvalue weighted by Gasteiger charge is -2.04. The van der Waals surface area contributed by atoms with Crippen LogP contribution in [0.1, 0.15) is 0 Å². The van der Waals surface area contributed by atoms with E-state index in [-0.39, 0.29) is 11.7 Å². The number of nitrogens with zero attached hydrogens (tertiary/aromatic N) is 2. The van der Waals surface area contributed by atoms with Crippen molar-refractivity contribution in [2.75, 3.05) is 12.8 Å². The Morgan fingerprint density at radius 3 is 2.44 bits per heavy atom. The van der Waals surface area contributed by atoms with Crippen LogP contribution < -0.4 is 10.5 Å². The molecule has 16 heavy (non-hydrogen) atoms. The molecule has 0 atom stereocenters. The largest absolute Gasteiger partial charge is 0.478 e. The summed E-state index contributed by atoms with van der Waals surface area (Å²) in [5.74, 6) is -0.0101. The maximum Gasteiger partial charge on any atom is 0.256 e. The Labute approximate surface area is 91.9 Å². The molecule has 0 unspecified atom stereocenters. The highest BCUT2D eigenvalue weighted by atomic mass is 19.1. The van der Waals surface area contributed by atoms with Crippen molar-refractivity contribution in [1.82, 2.24) is 10.2 Å². The third-order valence-corrected chi connectivity index (χ3v) is 2.12. The third-order valence-electron chi connectivity index (χ3n) is 2.12. The predicted octanol–water partition coefficient (Wildman–Crippen LogP) is 1.87. The molecule has 0 saturated carbocycles. The first-order valence-corrected chi connectivity index (χ1v) is 4.64. The minimum absolute atomic E-state index is 0.283. The Balaban J connectivity index is 2.41. The molecule has 0 aliphatic heterocycles. The zero-order chi connectivity index (χ0) is 11.5. The summed E-state index contributed by atoms with van der Waals surface area (Å²) in [7, 11) is 1.47. The van der Waals surface area contributed by atoms with Gasteiger partial charge in [0, 0.05) is 5.56 Å². The molecule has 0 aliphatic rings. The Kier molecular flexibility index (Phi) is 2.68. The molecule has 1 aromatic heterocycles. The molecule has 5 heteroatoms. The summed E-state index contributed by atoms with van der Waals surface area (Å²) in [6.45, 7) is 0. The van der Waals surface area contributed by atoms with Gasteiger partial charge in [-0.05, 0) is 30.3 Å². The van der Waals surface area contributed by atoms with Gasteiger partial charge in [0.25, 0.3) is 5.88 Å². The zero-order valence-electron chi connectivity index (χ0n) is 8.64. The molecular formula is C11H10FN3O. The van der Waals surface area contributed by atoms with E-state index in [1.807, 2.05) is 0 Å². The highest BCUT2D eigenvalue weighted by Crippen LogP contribution is 2.23. The van der Waals surface area contributed by atoms with E-state index in [0.29, 0.717) is 11.4 Å². The average Bonchev–Trinajstić information content (AvgIpc) is 2.30. The number of methoxy groups -OCH3 is 1. The van der Waals surface area contributed by atoms with Crippen molar-refractivity contribution in [2.45, 2.75) is 0 Å². The molecule has 0 bridgehead atoms. The van der Waals surface area contributed by atoms with E-state index in [2.05, 4.69) is 10.2 Å². The number of hydrogen-bond donors (Lipinski definition) is 1. The first-order valence-electron chi connectivity index (χ1n) is 4.64. The van der Waals surface area contributed by atoms with Crippen molar-refractivity contribution in [3.05, 3.63) is 36.1 Å². The van der Waals surface area contributed by atoms with Crippen LogP contribution in [-0.2, 0) is 0 Å². The Bertz CT molecular complexity index is 499. The Hall–Kier alpha value is -2.17. The summed E-state index contributed by atoms with van der Waals surface area (Å²) in [6, 6.07) is 7.59. The van der Waals surface area contributed by atoms with Crippen LogP contribution in [0.15, 0.2) is 30.3 Å². The van der Waals surface area contributed by atoms with Crippen LogP contribution in [-0.4, -0.2) is 17.3 Å². The second-order valence-electron chi connectivity index (χ2n) is 3.20. The topological polar surface area (TPSA) is 61.0 Å². The van der Waals surface area contributed by atoms with E-state index in [4.69, 9.17) is 10.5 Å². The standard InChI is InChI=1S/C11H10FN3O/c1-16-11-9(13)6-10(14-15-11)7-2-4-8(12)5-3-7/h2-6H,1H3,(H2,13,14). The van der Waals surface area contributed by atoms with Gasteiger partial charge in [-0.3, -0.25) is 0 Å². The number of ether oxygens (including phenoxy) is 1. The third kappa shape index (κ3) is 1.93. The molecule has 82 valence electrons. The number of nitrogen functional groups attached to an aromatic ring is 1. The molecule has 1 heterocycles. The SMILES string of the molecule is COc1nnc(-c2ccc(F)cc2)cc1N. The normalized spacial score (nSPS) is 10.1. The molecule has 2 rings (SSSR count). The average molecular weight is 219 g/mol. The van der Waals surface area contributed by atoms with Crippen LogP contribution in [0, 0.1) is 5.82 Å². The fourth-order valence-corrected chi connectivity index (χ4v) is 1.32. The molecule has 4 nitrogen and oxygen atoms in total. The fourth-order valence-electron chi connectivity index (χ4n) is 1.32. The number of halogens is 1. The van der Waals surface area contributed by atoms with Crippen molar-refractivity contribution >= 4 is 5.69 Å². The van der Waals surface area contributed by atoms with Gasteiger partial charge in [0.1, 0.15) is 5.82 Å². The molecule has 2 N–H and O–H groups in total. The maximum atomic E-state index is 12.7. The minimum Gasteiger partial charge on any atom is -0.478 e. The van der Waals surface area contributed by atoms with Gasteiger partial charge < -0.3 is 10.5 Å². The number of benzene rings is 1. The number of hydrogen-bond acceptors (Lipinski definition) is 4. The zero-order valence-corrected chi connectivity index (χ0v) is 8.64. The first-order chi connectivity index (χ1) is 7.70. The summed E-state index contributed by atoms with van der Waals surface area (Å²) in [5, 5.41) is 7.74. The molecule has 0 amide bonds. The first kappa shape index (κ1) is 10.4. The van der Waals surface area contributed by atoms with Gasteiger partial charge in [-0.2, -0.15) is 0 Å². The van der Waals surface area contributed by atoms with Crippen molar-refractivity contribution in [1.29, 1.82) is 0 Å². The van der Waals surface area contributed by atoms with Crippen molar-refractivity contribution in [3.8, 4) is 17.1 Å². The van der Waals surface area contributed by atoms with E-state index < -0.39 is 0 Å². The van der Waals surface area contributed by atoms with Crippen LogP contribution >= 0.6 is 0 Å². The molecule has 2 aromatic rings. The lowest BCUT2D eigenvalue weighted by atomic mass is 10.1. The van der Waals surface area contributed by atoms with Gasteiger partial charge in [-0.1, -0.05) is 0 Å². The lowest BCUT2D eigenvalue weighted by Crippen LogP contribution is -1.98. The van der Waals surface area contributed by atoms with Crippen LogP contribution in [0.4, 0.5) is 10.1 Å². The fraction of sp³-hybridized carbons (Fsp3) is 0.0909. The summed E-state index contributed by atoms with van der Waals surface area (Å²) in [5.41, 5.74) is 7.43. The summed E-state index contributed by atoms with van der Waals surface area (Å²) >= 11 is 0. The molecule has 0 aliphatic carbocycles. The van der Waals surface area contributed by atoms with Gasteiger partial charge in [0.2, 0.25) is 0 Å². The quantitative estimate of drug-likeness (QED) is 0.837. The van der Waals surface area contributed by atoms with Crippen LogP contribution in [0.5, 0.6) is 5.88 Å². The van der Waals surface area contributed by atoms with Crippen molar-refractivity contribution in [2.24, 2.45) is 0 Å². The van der Waals surface area contributed by atoms with Crippen LogP contribution in [0.3, 0.4) is 0 Å². The summed E-state index contributed by atoms with van der Waals surface area (Å²) < 4.78 is 17.6. The smallest absolute Gasteiger partial charge is 0.256 e. The highest BCUT2D eigenvalue weighted by molar-refractivity contribution is 5.64.